The first-order valence-electron chi connectivity index (χ1n) is 7.19. The number of hydrogen-bond acceptors (Lipinski definition) is 3. The molecular formula is C15H15ClF3N3O. The normalized spacial score (nSPS) is 17.0. The van der Waals surface area contributed by atoms with E-state index in [4.69, 9.17) is 11.6 Å². The molecule has 2 heterocycles. The molecule has 1 aromatic heterocycles. The molecular weight excluding hydrogens is 331 g/mol. The minimum atomic E-state index is -4.17. The fourth-order valence-corrected chi connectivity index (χ4v) is 3.18. The monoisotopic (exact) mass is 345 g/mol. The van der Waals surface area contributed by atoms with Gasteiger partial charge in [-0.25, -0.2) is 0 Å². The van der Waals surface area contributed by atoms with Gasteiger partial charge in [0.25, 0.3) is 0 Å². The first-order chi connectivity index (χ1) is 10.8. The zero-order valence-electron chi connectivity index (χ0n) is 12.2. The van der Waals surface area contributed by atoms with Gasteiger partial charge in [0.05, 0.1) is 17.3 Å². The van der Waals surface area contributed by atoms with Crippen LogP contribution < -0.4 is 10.5 Å². The highest BCUT2D eigenvalue weighted by molar-refractivity contribution is 6.38. The van der Waals surface area contributed by atoms with Crippen LogP contribution in [0.15, 0.2) is 29.1 Å². The molecule has 1 aliphatic heterocycles. The van der Waals surface area contributed by atoms with Crippen molar-refractivity contribution in [2.45, 2.75) is 6.18 Å². The second-order valence-electron chi connectivity index (χ2n) is 5.56. The average Bonchev–Trinajstić information content (AvgIpc) is 2.47. The van der Waals surface area contributed by atoms with Gasteiger partial charge in [0.1, 0.15) is 0 Å². The lowest BCUT2D eigenvalue weighted by Crippen LogP contribution is -2.49. The summed E-state index contributed by atoms with van der Waals surface area (Å²) >= 11 is 6.41. The Morgan fingerprint density at radius 1 is 1.09 bits per heavy atom. The highest BCUT2D eigenvalue weighted by Crippen LogP contribution is 2.33. The Kier molecular flexibility index (Phi) is 4.25. The van der Waals surface area contributed by atoms with Crippen molar-refractivity contribution in [2.75, 3.05) is 37.6 Å². The number of halogens is 4. The third kappa shape index (κ3) is 3.61. The first kappa shape index (κ1) is 16.1. The van der Waals surface area contributed by atoms with Crippen molar-refractivity contribution >= 4 is 28.2 Å². The second-order valence-corrected chi connectivity index (χ2v) is 5.94. The Balaban J connectivity index is 1.78. The number of piperazine rings is 1. The van der Waals surface area contributed by atoms with E-state index in [1.165, 1.54) is 11.0 Å². The highest BCUT2D eigenvalue weighted by atomic mass is 35.5. The van der Waals surface area contributed by atoms with E-state index >= 15 is 0 Å². The molecule has 0 aliphatic carbocycles. The molecule has 0 spiro atoms. The van der Waals surface area contributed by atoms with Crippen LogP contribution in [0.1, 0.15) is 0 Å². The molecule has 1 N–H and O–H groups in total. The number of pyridine rings is 1. The summed E-state index contributed by atoms with van der Waals surface area (Å²) in [5.74, 6) is 0. The Morgan fingerprint density at radius 3 is 2.43 bits per heavy atom. The summed E-state index contributed by atoms with van der Waals surface area (Å²) in [5.41, 5.74) is 1.21. The van der Waals surface area contributed by atoms with Crippen LogP contribution in [0.3, 0.4) is 0 Å². The molecule has 8 heteroatoms. The van der Waals surface area contributed by atoms with Crippen molar-refractivity contribution in [3.8, 4) is 0 Å². The molecule has 124 valence electrons. The van der Waals surface area contributed by atoms with Gasteiger partial charge < -0.3 is 9.88 Å². The molecule has 2 aromatic rings. The lowest BCUT2D eigenvalue weighted by molar-refractivity contribution is -0.146. The summed E-state index contributed by atoms with van der Waals surface area (Å²) in [6.07, 6.45) is -4.17. The van der Waals surface area contributed by atoms with Crippen LogP contribution in [0.2, 0.25) is 5.02 Å². The predicted octanol–water partition coefficient (Wildman–Crippen LogP) is 2.87. The molecule has 1 aromatic carbocycles. The van der Waals surface area contributed by atoms with E-state index in [0.29, 0.717) is 36.7 Å². The minimum absolute atomic E-state index is 0.206. The van der Waals surface area contributed by atoms with Crippen LogP contribution in [0.4, 0.5) is 18.9 Å². The molecule has 1 saturated heterocycles. The van der Waals surface area contributed by atoms with Crippen LogP contribution in [-0.2, 0) is 0 Å². The van der Waals surface area contributed by atoms with Gasteiger partial charge in [-0.2, -0.15) is 13.2 Å². The van der Waals surface area contributed by atoms with Gasteiger partial charge in [-0.3, -0.25) is 9.69 Å². The summed E-state index contributed by atoms with van der Waals surface area (Å²) < 4.78 is 37.3. The molecule has 0 radical (unpaired) electrons. The Morgan fingerprint density at radius 2 is 1.78 bits per heavy atom. The number of aromatic nitrogens is 1. The van der Waals surface area contributed by atoms with E-state index in [1.807, 2.05) is 4.90 Å². The molecule has 1 fully saturated rings. The number of hydrogen-bond donors (Lipinski definition) is 1. The van der Waals surface area contributed by atoms with E-state index in [9.17, 15) is 18.0 Å². The number of anilines is 1. The van der Waals surface area contributed by atoms with Gasteiger partial charge in [-0.15, -0.1) is 0 Å². The van der Waals surface area contributed by atoms with Crippen molar-refractivity contribution in [1.29, 1.82) is 0 Å². The van der Waals surface area contributed by atoms with Gasteiger partial charge in [-0.1, -0.05) is 11.6 Å². The molecule has 4 nitrogen and oxygen atoms in total. The Hall–Kier alpha value is -1.73. The maximum Gasteiger partial charge on any atom is 0.401 e. The van der Waals surface area contributed by atoms with Crippen molar-refractivity contribution < 1.29 is 13.2 Å². The number of alkyl halides is 3. The quantitative estimate of drug-likeness (QED) is 0.909. The number of nitrogens with one attached hydrogen (secondary N) is 1. The smallest absolute Gasteiger partial charge is 0.368 e. The van der Waals surface area contributed by atoms with Crippen molar-refractivity contribution in [1.82, 2.24) is 9.88 Å². The maximum absolute atomic E-state index is 12.4. The van der Waals surface area contributed by atoms with Gasteiger partial charge in [0.15, 0.2) is 0 Å². The molecule has 0 bridgehead atoms. The Labute approximate surface area is 135 Å². The fraction of sp³-hybridized carbons (Fsp3) is 0.400. The van der Waals surface area contributed by atoms with Crippen LogP contribution in [-0.4, -0.2) is 48.8 Å². The minimum Gasteiger partial charge on any atom is -0.368 e. The lowest BCUT2D eigenvalue weighted by atomic mass is 10.1. The van der Waals surface area contributed by atoms with E-state index in [-0.39, 0.29) is 5.56 Å². The number of fused-ring (bicyclic) bond motifs is 1. The highest BCUT2D eigenvalue weighted by Gasteiger charge is 2.32. The Bertz CT molecular complexity index is 767. The molecule has 0 saturated carbocycles. The number of aromatic amines is 1. The molecule has 3 rings (SSSR count). The van der Waals surface area contributed by atoms with E-state index in [1.54, 1.807) is 18.2 Å². The zero-order chi connectivity index (χ0) is 16.6. The van der Waals surface area contributed by atoms with Crippen LogP contribution in [0.25, 0.3) is 10.9 Å². The third-order valence-electron chi connectivity index (χ3n) is 3.93. The van der Waals surface area contributed by atoms with Gasteiger partial charge in [0.2, 0.25) is 5.56 Å². The average molecular weight is 346 g/mol. The summed E-state index contributed by atoms with van der Waals surface area (Å²) in [7, 11) is 0. The lowest BCUT2D eigenvalue weighted by Gasteiger charge is -2.36. The van der Waals surface area contributed by atoms with Crippen LogP contribution >= 0.6 is 11.6 Å². The SMILES string of the molecule is O=c1ccc2c(Cl)c(N3CCN(CC(F)(F)F)CC3)ccc2[nH]1. The largest absolute Gasteiger partial charge is 0.401 e. The number of benzene rings is 1. The zero-order valence-corrected chi connectivity index (χ0v) is 12.9. The van der Waals surface area contributed by atoms with Crippen molar-refractivity contribution in [3.63, 3.8) is 0 Å². The molecule has 0 atom stereocenters. The second kappa shape index (κ2) is 6.05. The van der Waals surface area contributed by atoms with E-state index in [0.717, 1.165) is 11.1 Å². The predicted molar refractivity (Wildman–Crippen MR) is 84.3 cm³/mol. The molecule has 0 unspecified atom stereocenters. The van der Waals surface area contributed by atoms with Gasteiger partial charge in [-0.05, 0) is 18.2 Å². The van der Waals surface area contributed by atoms with Crippen LogP contribution in [0, 0.1) is 0 Å². The first-order valence-corrected chi connectivity index (χ1v) is 7.57. The topological polar surface area (TPSA) is 39.3 Å². The standard InChI is InChI=1S/C15H15ClF3N3O/c16-14-10-1-4-13(23)20-11(10)2-3-12(14)22-7-5-21(6-8-22)9-15(17,18)19/h1-4H,5-9H2,(H,20,23). The van der Waals surface area contributed by atoms with Crippen molar-refractivity contribution in [3.05, 3.63) is 39.6 Å². The van der Waals surface area contributed by atoms with Crippen LogP contribution in [0.5, 0.6) is 0 Å². The summed E-state index contributed by atoms with van der Waals surface area (Å²) in [4.78, 5) is 17.4. The van der Waals surface area contributed by atoms with E-state index in [2.05, 4.69) is 4.98 Å². The van der Waals surface area contributed by atoms with Gasteiger partial charge >= 0.3 is 6.18 Å². The number of nitrogens with zero attached hydrogens (tertiary/aromatic N) is 2. The summed E-state index contributed by atoms with van der Waals surface area (Å²) in [5, 5.41) is 1.23. The number of H-pyrrole nitrogens is 1. The molecule has 23 heavy (non-hydrogen) atoms. The maximum atomic E-state index is 12.4. The summed E-state index contributed by atoms with van der Waals surface area (Å²) in [6.45, 7) is 0.738. The van der Waals surface area contributed by atoms with Crippen molar-refractivity contribution in [2.24, 2.45) is 0 Å². The number of rotatable bonds is 2. The van der Waals surface area contributed by atoms with E-state index < -0.39 is 12.7 Å². The molecule has 0 amide bonds. The molecule has 1 aliphatic rings. The third-order valence-corrected chi connectivity index (χ3v) is 4.33. The fourth-order valence-electron chi connectivity index (χ4n) is 2.83. The summed E-state index contributed by atoms with van der Waals surface area (Å²) in [6, 6.07) is 6.61. The van der Waals surface area contributed by atoms with Gasteiger partial charge in [0, 0.05) is 43.1 Å².